The lowest BCUT2D eigenvalue weighted by Gasteiger charge is -2.14. The van der Waals surface area contributed by atoms with E-state index in [-0.39, 0.29) is 13.2 Å². The van der Waals surface area contributed by atoms with E-state index in [0.29, 0.717) is 0 Å². The van der Waals surface area contributed by atoms with Gasteiger partial charge < -0.3 is 29.2 Å². The Morgan fingerprint density at radius 1 is 0.938 bits per heavy atom. The van der Waals surface area contributed by atoms with E-state index in [1.54, 1.807) is 0 Å². The summed E-state index contributed by atoms with van der Waals surface area (Å²) in [6.45, 7) is 0.0855. The highest BCUT2D eigenvalue weighted by molar-refractivity contribution is 5.57. The molecule has 0 spiro atoms. The van der Waals surface area contributed by atoms with Crippen LogP contribution in [0, 0.1) is 0 Å². The van der Waals surface area contributed by atoms with Gasteiger partial charge >= 0.3 is 12.3 Å². The van der Waals surface area contributed by atoms with Gasteiger partial charge in [0.15, 0.2) is 12.2 Å². The second-order valence-corrected chi connectivity index (χ2v) is 3.44. The average Bonchev–Trinajstić information content (AvgIpc) is 2.70. The molecule has 90 valence electrons. The van der Waals surface area contributed by atoms with Crippen LogP contribution < -0.4 is 0 Å². The van der Waals surface area contributed by atoms with Gasteiger partial charge in [0.1, 0.15) is 12.2 Å². The van der Waals surface area contributed by atoms with Crippen molar-refractivity contribution in [1.29, 1.82) is 0 Å². The van der Waals surface area contributed by atoms with Gasteiger partial charge in [0.2, 0.25) is 0 Å². The predicted molar refractivity (Wildman–Crippen MR) is 45.3 cm³/mol. The first kappa shape index (κ1) is 11.0. The molecule has 0 saturated carbocycles. The van der Waals surface area contributed by atoms with E-state index in [4.69, 9.17) is 19.7 Å². The van der Waals surface area contributed by atoms with Crippen molar-refractivity contribution >= 4 is 12.3 Å². The molecule has 0 radical (unpaired) electrons. The first-order chi connectivity index (χ1) is 7.58. The Morgan fingerprint density at radius 3 is 1.62 bits per heavy atom. The summed E-state index contributed by atoms with van der Waals surface area (Å²) in [5.74, 6) is 0. The molecule has 0 aliphatic carbocycles. The smallest absolute Gasteiger partial charge is 0.450 e. The van der Waals surface area contributed by atoms with Gasteiger partial charge in [-0.25, -0.2) is 9.59 Å². The predicted octanol–water partition coefficient (Wildman–Crippen LogP) is -0.0896. The zero-order valence-corrected chi connectivity index (χ0v) is 8.07. The van der Waals surface area contributed by atoms with Crippen LogP contribution in [0.1, 0.15) is 0 Å². The summed E-state index contributed by atoms with van der Waals surface area (Å²) in [5.41, 5.74) is 0. The molecular formula is C8H10O8. The molecule has 2 fully saturated rings. The molecule has 8 heteroatoms. The van der Waals surface area contributed by atoms with Crippen molar-refractivity contribution < 1.29 is 38.7 Å². The number of hydrogen-bond acceptors (Lipinski definition) is 6. The van der Waals surface area contributed by atoms with Gasteiger partial charge in [0.05, 0.1) is 13.2 Å². The molecule has 0 aromatic carbocycles. The van der Waals surface area contributed by atoms with E-state index in [0.717, 1.165) is 0 Å². The summed E-state index contributed by atoms with van der Waals surface area (Å²) in [7, 11) is 0. The van der Waals surface area contributed by atoms with Crippen molar-refractivity contribution in [1.82, 2.24) is 0 Å². The summed E-state index contributed by atoms with van der Waals surface area (Å²) in [6.07, 6.45) is -5.49. The monoisotopic (exact) mass is 234 g/mol. The zero-order valence-electron chi connectivity index (χ0n) is 8.07. The molecule has 0 aromatic rings. The molecule has 2 N–H and O–H groups in total. The Labute approximate surface area is 89.6 Å². The quantitative estimate of drug-likeness (QED) is 0.637. The third-order valence-electron chi connectivity index (χ3n) is 2.47. The Bertz CT molecular complexity index is 272. The second kappa shape index (κ2) is 4.14. The normalized spacial score (nSPS) is 36.8. The number of carbonyl (C=O) groups is 2. The maximum Gasteiger partial charge on any atom is 0.506 e. The number of rotatable bonds is 2. The lowest BCUT2D eigenvalue weighted by molar-refractivity contribution is -0.0305. The van der Waals surface area contributed by atoms with E-state index >= 15 is 0 Å². The van der Waals surface area contributed by atoms with Crippen molar-refractivity contribution in [2.75, 3.05) is 13.2 Å². The van der Waals surface area contributed by atoms with Crippen LogP contribution in [-0.2, 0) is 18.9 Å². The van der Waals surface area contributed by atoms with E-state index in [1.165, 1.54) is 0 Å². The molecule has 16 heavy (non-hydrogen) atoms. The third-order valence-corrected chi connectivity index (χ3v) is 2.47. The maximum atomic E-state index is 10.3. The number of ether oxygens (including phenoxy) is 4. The summed E-state index contributed by atoms with van der Waals surface area (Å²) in [5, 5.41) is 16.9. The van der Waals surface area contributed by atoms with E-state index in [2.05, 4.69) is 9.47 Å². The fraction of sp³-hybridized carbons (Fsp3) is 0.750. The maximum absolute atomic E-state index is 10.3. The molecule has 2 aliphatic heterocycles. The minimum absolute atomic E-state index is 0.0428. The number of hydrogen-bond donors (Lipinski definition) is 2. The molecule has 0 unspecified atom stereocenters. The van der Waals surface area contributed by atoms with Crippen LogP contribution in [0.15, 0.2) is 0 Å². The highest BCUT2D eigenvalue weighted by Crippen LogP contribution is 2.30. The van der Waals surface area contributed by atoms with Crippen molar-refractivity contribution in [2.24, 2.45) is 0 Å². The molecular weight excluding hydrogens is 224 g/mol. The number of carboxylic acid groups (broad SMARTS) is 2. The van der Waals surface area contributed by atoms with Crippen LogP contribution in [0.2, 0.25) is 0 Å². The summed E-state index contributed by atoms with van der Waals surface area (Å²) in [6, 6.07) is 0. The Balaban J connectivity index is 1.95. The zero-order chi connectivity index (χ0) is 11.7. The largest absolute Gasteiger partial charge is 0.506 e. The molecule has 8 nitrogen and oxygen atoms in total. The molecule has 2 heterocycles. The van der Waals surface area contributed by atoms with Gasteiger partial charge in [-0.1, -0.05) is 0 Å². The molecule has 2 aliphatic rings. The first-order valence-corrected chi connectivity index (χ1v) is 4.60. The van der Waals surface area contributed by atoms with Crippen molar-refractivity contribution in [3.05, 3.63) is 0 Å². The van der Waals surface area contributed by atoms with Crippen LogP contribution in [-0.4, -0.2) is 60.2 Å². The molecule has 2 saturated heterocycles. The van der Waals surface area contributed by atoms with Crippen LogP contribution in [0.3, 0.4) is 0 Å². The van der Waals surface area contributed by atoms with Crippen molar-refractivity contribution in [3.8, 4) is 0 Å². The first-order valence-electron chi connectivity index (χ1n) is 4.60. The third kappa shape index (κ3) is 2.02. The van der Waals surface area contributed by atoms with E-state index in [1.807, 2.05) is 0 Å². The summed E-state index contributed by atoms with van der Waals surface area (Å²) < 4.78 is 19.5. The number of fused-ring (bicyclic) bond motifs is 1. The van der Waals surface area contributed by atoms with Gasteiger partial charge in [-0.15, -0.1) is 0 Å². The average molecular weight is 234 g/mol. The summed E-state index contributed by atoms with van der Waals surface area (Å²) >= 11 is 0. The van der Waals surface area contributed by atoms with E-state index < -0.39 is 36.7 Å². The van der Waals surface area contributed by atoms with Gasteiger partial charge in [-0.2, -0.15) is 0 Å². The topological polar surface area (TPSA) is 112 Å². The minimum Gasteiger partial charge on any atom is -0.450 e. The van der Waals surface area contributed by atoms with Gasteiger partial charge in [0.25, 0.3) is 0 Å². The van der Waals surface area contributed by atoms with Crippen molar-refractivity contribution in [2.45, 2.75) is 24.4 Å². The molecule has 0 bridgehead atoms. The highest BCUT2D eigenvalue weighted by Gasteiger charge is 2.51. The van der Waals surface area contributed by atoms with Crippen LogP contribution in [0.25, 0.3) is 0 Å². The van der Waals surface area contributed by atoms with Crippen LogP contribution >= 0.6 is 0 Å². The lowest BCUT2D eigenvalue weighted by atomic mass is 10.1. The molecule has 2 rings (SSSR count). The van der Waals surface area contributed by atoms with Gasteiger partial charge in [0, 0.05) is 0 Å². The standard InChI is InChI=1S/C8H10O8/c9-7(10)15-3-1-13-6-4(16-8(11)12)2-14-5(3)6/h3-6H,1-2H2,(H,9,10)(H,11,12)/t3-,4-,5+,6+/m0/s1. The highest BCUT2D eigenvalue weighted by atomic mass is 16.7. The minimum atomic E-state index is -1.42. The van der Waals surface area contributed by atoms with Gasteiger partial charge in [-0.3, -0.25) is 0 Å². The lowest BCUT2D eigenvalue weighted by Crippen LogP contribution is -2.35. The summed E-state index contributed by atoms with van der Waals surface area (Å²) in [4.78, 5) is 20.7. The fourth-order valence-corrected chi connectivity index (χ4v) is 1.89. The van der Waals surface area contributed by atoms with Crippen LogP contribution in [0.5, 0.6) is 0 Å². The second-order valence-electron chi connectivity index (χ2n) is 3.44. The van der Waals surface area contributed by atoms with Crippen molar-refractivity contribution in [3.63, 3.8) is 0 Å². The Morgan fingerprint density at radius 2 is 1.31 bits per heavy atom. The fourth-order valence-electron chi connectivity index (χ4n) is 1.89. The Kier molecular flexibility index (Phi) is 2.84. The van der Waals surface area contributed by atoms with Crippen LogP contribution in [0.4, 0.5) is 9.59 Å². The molecule has 0 aromatic heterocycles. The molecule has 0 amide bonds. The SMILES string of the molecule is O=C(O)O[C@H]1CO[C@H]2[C@@H]1OC[C@@H]2OC(=O)O. The Hall–Kier alpha value is -1.54. The van der Waals surface area contributed by atoms with E-state index in [9.17, 15) is 9.59 Å². The molecule has 4 atom stereocenters. The van der Waals surface area contributed by atoms with Gasteiger partial charge in [-0.05, 0) is 0 Å².